The van der Waals surface area contributed by atoms with Crippen molar-refractivity contribution in [2.24, 2.45) is 0 Å². The number of H-pyrrole nitrogens is 1. The number of pyridine rings is 1. The summed E-state index contributed by atoms with van der Waals surface area (Å²) >= 11 is 6.00. The maximum atomic E-state index is 6.00. The largest absolute Gasteiger partial charge is 0.351 e. The summed E-state index contributed by atoms with van der Waals surface area (Å²) in [4.78, 5) is 16.8. The molecule has 1 aliphatic carbocycles. The number of aromatic nitrogens is 4. The summed E-state index contributed by atoms with van der Waals surface area (Å²) in [6, 6.07) is 12.4. The Balaban J connectivity index is 1.57. The Morgan fingerprint density at radius 3 is 2.69 bits per heavy atom. The van der Waals surface area contributed by atoms with Crippen molar-refractivity contribution in [3.63, 3.8) is 0 Å². The van der Waals surface area contributed by atoms with E-state index in [0.717, 1.165) is 38.4 Å². The summed E-state index contributed by atoms with van der Waals surface area (Å²) in [5, 5.41) is 5.11. The second-order valence-electron chi connectivity index (χ2n) is 6.51. The Bertz CT molecular complexity index is 1080. The lowest BCUT2D eigenvalue weighted by Crippen LogP contribution is -2.05. The van der Waals surface area contributed by atoms with E-state index in [1.165, 1.54) is 12.8 Å². The van der Waals surface area contributed by atoms with Gasteiger partial charge in [-0.15, -0.1) is 0 Å². The molecule has 0 spiro atoms. The summed E-state index contributed by atoms with van der Waals surface area (Å²) in [5.74, 6) is 0.682. The lowest BCUT2D eigenvalue weighted by molar-refractivity contribution is 1.06. The number of nitrogens with one attached hydrogen (secondary N) is 2. The summed E-state index contributed by atoms with van der Waals surface area (Å²) < 4.78 is 0. The third-order valence-electron chi connectivity index (χ3n) is 4.55. The van der Waals surface area contributed by atoms with Gasteiger partial charge >= 0.3 is 0 Å². The number of aromatic amines is 1. The fourth-order valence-corrected chi connectivity index (χ4v) is 3.13. The van der Waals surface area contributed by atoms with Crippen LogP contribution in [-0.2, 0) is 0 Å². The van der Waals surface area contributed by atoms with Gasteiger partial charge in [-0.05, 0) is 42.7 Å². The first-order valence-electron chi connectivity index (χ1n) is 8.59. The van der Waals surface area contributed by atoms with Gasteiger partial charge in [-0.2, -0.15) is 0 Å². The topological polar surface area (TPSA) is 66.5 Å². The van der Waals surface area contributed by atoms with Gasteiger partial charge in [0.25, 0.3) is 0 Å². The van der Waals surface area contributed by atoms with Crippen LogP contribution in [0.4, 0.5) is 5.95 Å². The molecule has 26 heavy (non-hydrogen) atoms. The standard InChI is InChI=1S/C20H16ClN5/c21-14-3-1-12(2-4-14)13-9-16-17(11-24-19(16)23-10-13)18-7-8-22-20(26-18)25-15-5-6-15/h1-4,7-11,15H,5-6H2,(H,23,24)(H,22,25,26). The van der Waals surface area contributed by atoms with Crippen LogP contribution in [0.1, 0.15) is 12.8 Å². The molecule has 6 heteroatoms. The lowest BCUT2D eigenvalue weighted by atomic mass is 10.0. The minimum atomic E-state index is 0.520. The van der Waals surface area contributed by atoms with E-state index in [1.54, 1.807) is 6.20 Å². The number of fused-ring (bicyclic) bond motifs is 1. The van der Waals surface area contributed by atoms with Crippen LogP contribution in [0, 0.1) is 0 Å². The highest BCUT2D eigenvalue weighted by atomic mass is 35.5. The van der Waals surface area contributed by atoms with Crippen molar-refractivity contribution in [2.75, 3.05) is 5.32 Å². The van der Waals surface area contributed by atoms with E-state index < -0.39 is 0 Å². The number of halogens is 1. The number of rotatable bonds is 4. The highest BCUT2D eigenvalue weighted by Gasteiger charge is 2.22. The van der Waals surface area contributed by atoms with Crippen molar-refractivity contribution < 1.29 is 0 Å². The first-order valence-corrected chi connectivity index (χ1v) is 8.97. The molecule has 0 bridgehead atoms. The molecule has 3 heterocycles. The lowest BCUT2D eigenvalue weighted by Gasteiger charge is -2.05. The molecule has 2 N–H and O–H groups in total. The number of anilines is 1. The van der Waals surface area contributed by atoms with E-state index in [1.807, 2.05) is 42.7 Å². The fourth-order valence-electron chi connectivity index (χ4n) is 3.00. The van der Waals surface area contributed by atoms with Gasteiger partial charge in [0.15, 0.2) is 0 Å². The molecule has 0 aliphatic heterocycles. The molecule has 0 radical (unpaired) electrons. The SMILES string of the molecule is Clc1ccc(-c2cnc3[nH]cc(-c4ccnc(NC5CC5)n4)c3c2)cc1. The maximum Gasteiger partial charge on any atom is 0.223 e. The molecule has 0 atom stereocenters. The zero-order valence-electron chi connectivity index (χ0n) is 13.9. The fraction of sp³-hybridized carbons (Fsp3) is 0.150. The van der Waals surface area contributed by atoms with Crippen LogP contribution in [0.5, 0.6) is 0 Å². The first-order chi connectivity index (χ1) is 12.8. The summed E-state index contributed by atoms with van der Waals surface area (Å²) in [7, 11) is 0. The molecule has 5 rings (SSSR count). The summed E-state index contributed by atoms with van der Waals surface area (Å²) in [6.45, 7) is 0. The van der Waals surface area contributed by atoms with E-state index in [2.05, 4.69) is 31.3 Å². The van der Waals surface area contributed by atoms with Gasteiger partial charge in [-0.25, -0.2) is 15.0 Å². The van der Waals surface area contributed by atoms with E-state index in [4.69, 9.17) is 11.6 Å². The molecular formula is C20H16ClN5. The molecule has 4 aromatic rings. The third kappa shape index (κ3) is 2.91. The normalized spacial score (nSPS) is 13.9. The zero-order valence-corrected chi connectivity index (χ0v) is 14.7. The predicted molar refractivity (Wildman–Crippen MR) is 104 cm³/mol. The van der Waals surface area contributed by atoms with Crippen LogP contribution < -0.4 is 5.32 Å². The highest BCUT2D eigenvalue weighted by molar-refractivity contribution is 6.30. The van der Waals surface area contributed by atoms with Crippen molar-refractivity contribution in [2.45, 2.75) is 18.9 Å². The molecular weight excluding hydrogens is 346 g/mol. The number of benzene rings is 1. The molecule has 1 fully saturated rings. The molecule has 0 saturated heterocycles. The van der Waals surface area contributed by atoms with Gasteiger partial charge in [-0.1, -0.05) is 23.7 Å². The van der Waals surface area contributed by atoms with Crippen LogP contribution in [-0.4, -0.2) is 26.0 Å². The second kappa shape index (κ2) is 6.11. The molecule has 0 amide bonds. The van der Waals surface area contributed by atoms with E-state index in [9.17, 15) is 0 Å². The van der Waals surface area contributed by atoms with E-state index in [0.29, 0.717) is 12.0 Å². The van der Waals surface area contributed by atoms with Crippen molar-refractivity contribution in [3.8, 4) is 22.4 Å². The molecule has 0 unspecified atom stereocenters. The number of hydrogen-bond donors (Lipinski definition) is 2. The molecule has 1 aliphatic rings. The predicted octanol–water partition coefficient (Wildman–Crippen LogP) is 4.91. The van der Waals surface area contributed by atoms with Gasteiger partial charge in [0, 0.05) is 46.2 Å². The average Bonchev–Trinajstić information content (AvgIpc) is 3.38. The maximum absolute atomic E-state index is 6.00. The van der Waals surface area contributed by atoms with Crippen LogP contribution >= 0.6 is 11.6 Å². The van der Waals surface area contributed by atoms with Gasteiger partial charge in [0.1, 0.15) is 5.65 Å². The van der Waals surface area contributed by atoms with Crippen molar-refractivity contribution in [1.82, 2.24) is 19.9 Å². The second-order valence-corrected chi connectivity index (χ2v) is 6.95. The third-order valence-corrected chi connectivity index (χ3v) is 4.80. The van der Waals surface area contributed by atoms with Gasteiger partial charge in [-0.3, -0.25) is 0 Å². The Morgan fingerprint density at radius 1 is 1.04 bits per heavy atom. The monoisotopic (exact) mass is 361 g/mol. The highest BCUT2D eigenvalue weighted by Crippen LogP contribution is 2.31. The zero-order chi connectivity index (χ0) is 17.5. The van der Waals surface area contributed by atoms with E-state index in [-0.39, 0.29) is 0 Å². The van der Waals surface area contributed by atoms with Crippen LogP contribution in [0.15, 0.2) is 55.0 Å². The van der Waals surface area contributed by atoms with Gasteiger partial charge in [0.2, 0.25) is 5.95 Å². The van der Waals surface area contributed by atoms with Crippen LogP contribution in [0.25, 0.3) is 33.4 Å². The number of hydrogen-bond acceptors (Lipinski definition) is 4. The molecule has 1 saturated carbocycles. The average molecular weight is 362 g/mol. The van der Waals surface area contributed by atoms with Gasteiger partial charge < -0.3 is 10.3 Å². The first kappa shape index (κ1) is 15.3. The van der Waals surface area contributed by atoms with Crippen LogP contribution in [0.3, 0.4) is 0 Å². The quantitative estimate of drug-likeness (QED) is 0.541. The summed E-state index contributed by atoms with van der Waals surface area (Å²) in [6.07, 6.45) is 7.99. The Labute approximate surface area is 155 Å². The minimum Gasteiger partial charge on any atom is -0.351 e. The number of nitrogens with zero attached hydrogens (tertiary/aromatic N) is 3. The molecule has 3 aromatic heterocycles. The van der Waals surface area contributed by atoms with Crippen molar-refractivity contribution in [3.05, 3.63) is 60.0 Å². The van der Waals surface area contributed by atoms with E-state index >= 15 is 0 Å². The Hall–Kier alpha value is -2.92. The molecule has 5 nitrogen and oxygen atoms in total. The molecule has 128 valence electrons. The Morgan fingerprint density at radius 2 is 1.88 bits per heavy atom. The molecule has 1 aromatic carbocycles. The van der Waals surface area contributed by atoms with Gasteiger partial charge in [0.05, 0.1) is 5.69 Å². The van der Waals surface area contributed by atoms with Crippen molar-refractivity contribution >= 4 is 28.6 Å². The van der Waals surface area contributed by atoms with Crippen LogP contribution in [0.2, 0.25) is 5.02 Å². The smallest absolute Gasteiger partial charge is 0.223 e. The Kier molecular flexibility index (Phi) is 3.60. The summed E-state index contributed by atoms with van der Waals surface area (Å²) in [5.41, 5.74) is 4.86. The van der Waals surface area contributed by atoms with Crippen molar-refractivity contribution in [1.29, 1.82) is 0 Å². The minimum absolute atomic E-state index is 0.520.